The Hall–Kier alpha value is -2.62. The van der Waals surface area contributed by atoms with E-state index >= 15 is 0 Å². The molecule has 1 heterocycles. The zero-order chi connectivity index (χ0) is 20.7. The average molecular weight is 412 g/mol. The fourth-order valence-corrected chi connectivity index (χ4v) is 3.45. The number of rotatable bonds is 7. The lowest BCUT2D eigenvalue weighted by molar-refractivity contribution is -0.151. The van der Waals surface area contributed by atoms with Gasteiger partial charge in [-0.05, 0) is 31.9 Å². The van der Waals surface area contributed by atoms with Gasteiger partial charge in [0.2, 0.25) is 10.0 Å². The van der Waals surface area contributed by atoms with Crippen molar-refractivity contribution in [3.05, 3.63) is 29.8 Å². The molecule has 10 heteroatoms. The maximum absolute atomic E-state index is 12.3. The Labute approximate surface area is 164 Å². The smallest absolute Gasteiger partial charge is 0.340 e. The van der Waals surface area contributed by atoms with Gasteiger partial charge in [-0.25, -0.2) is 13.2 Å². The molecule has 28 heavy (non-hydrogen) atoms. The SMILES string of the molecule is CCOC(=O)C1CCN(C(=O)COC(=O)c2ccccc2NS(C)(=O)=O)CC1. The minimum Gasteiger partial charge on any atom is -0.466 e. The van der Waals surface area contributed by atoms with E-state index in [0.717, 1.165) is 6.26 Å². The van der Waals surface area contributed by atoms with Crippen LogP contribution in [0.1, 0.15) is 30.1 Å². The van der Waals surface area contributed by atoms with Gasteiger partial charge in [0.15, 0.2) is 6.61 Å². The van der Waals surface area contributed by atoms with E-state index in [9.17, 15) is 22.8 Å². The van der Waals surface area contributed by atoms with Crippen LogP contribution in [0.15, 0.2) is 24.3 Å². The molecule has 0 unspecified atom stereocenters. The van der Waals surface area contributed by atoms with Gasteiger partial charge in [0.1, 0.15) is 0 Å². The molecule has 1 aromatic rings. The number of hydrogen-bond donors (Lipinski definition) is 1. The minimum atomic E-state index is -3.57. The van der Waals surface area contributed by atoms with Gasteiger partial charge in [-0.15, -0.1) is 0 Å². The van der Waals surface area contributed by atoms with E-state index in [1.807, 2.05) is 0 Å². The Bertz CT molecular complexity index is 830. The van der Waals surface area contributed by atoms with Crippen molar-refractivity contribution in [2.24, 2.45) is 5.92 Å². The summed E-state index contributed by atoms with van der Waals surface area (Å²) in [6, 6.07) is 5.97. The number of nitrogens with one attached hydrogen (secondary N) is 1. The van der Waals surface area contributed by atoms with E-state index in [0.29, 0.717) is 32.5 Å². The lowest BCUT2D eigenvalue weighted by Gasteiger charge is -2.30. The van der Waals surface area contributed by atoms with Crippen LogP contribution in [0.3, 0.4) is 0 Å². The molecule has 0 radical (unpaired) electrons. The lowest BCUT2D eigenvalue weighted by atomic mass is 9.97. The molecule has 1 N–H and O–H groups in total. The van der Waals surface area contributed by atoms with Gasteiger partial charge in [0.05, 0.1) is 30.0 Å². The summed E-state index contributed by atoms with van der Waals surface area (Å²) in [4.78, 5) is 37.8. The predicted octanol–water partition coefficient (Wildman–Crippen LogP) is 1.02. The van der Waals surface area contributed by atoms with Crippen molar-refractivity contribution in [2.45, 2.75) is 19.8 Å². The Morgan fingerprint density at radius 1 is 1.14 bits per heavy atom. The molecule has 0 aromatic heterocycles. The third kappa shape index (κ3) is 6.22. The first-order chi connectivity index (χ1) is 13.2. The number of sulfonamides is 1. The second-order valence-electron chi connectivity index (χ2n) is 6.40. The lowest BCUT2D eigenvalue weighted by Crippen LogP contribution is -2.42. The third-order valence-corrected chi connectivity index (χ3v) is 4.83. The molecule has 1 amide bonds. The third-order valence-electron chi connectivity index (χ3n) is 4.24. The van der Waals surface area contributed by atoms with Crippen molar-refractivity contribution in [1.29, 1.82) is 0 Å². The number of benzene rings is 1. The second kappa shape index (κ2) is 9.54. The van der Waals surface area contributed by atoms with Crippen molar-refractivity contribution < 1.29 is 32.3 Å². The number of esters is 2. The fraction of sp³-hybridized carbons (Fsp3) is 0.500. The molecular formula is C18H24N2O7S. The van der Waals surface area contributed by atoms with Crippen LogP contribution in [0, 0.1) is 5.92 Å². The number of likely N-dealkylation sites (tertiary alicyclic amines) is 1. The molecule has 1 aliphatic rings. The molecule has 154 valence electrons. The van der Waals surface area contributed by atoms with Crippen LogP contribution in [-0.2, 0) is 29.1 Å². The van der Waals surface area contributed by atoms with Crippen LogP contribution < -0.4 is 4.72 Å². The largest absolute Gasteiger partial charge is 0.466 e. The Morgan fingerprint density at radius 3 is 2.39 bits per heavy atom. The summed E-state index contributed by atoms with van der Waals surface area (Å²) in [5.41, 5.74) is 0.0967. The van der Waals surface area contributed by atoms with Crippen molar-refractivity contribution in [2.75, 3.05) is 37.3 Å². The molecule has 1 aromatic carbocycles. The summed E-state index contributed by atoms with van der Waals surface area (Å²) in [6.45, 7) is 2.37. The number of piperidine rings is 1. The molecular weight excluding hydrogens is 388 g/mol. The van der Waals surface area contributed by atoms with Crippen LogP contribution in [0.4, 0.5) is 5.69 Å². The van der Waals surface area contributed by atoms with E-state index < -0.39 is 22.6 Å². The Morgan fingerprint density at radius 2 is 1.79 bits per heavy atom. The summed E-state index contributed by atoms with van der Waals surface area (Å²) in [6.07, 6.45) is 1.97. The van der Waals surface area contributed by atoms with Crippen molar-refractivity contribution in [3.8, 4) is 0 Å². The number of amides is 1. The molecule has 1 saturated heterocycles. The minimum absolute atomic E-state index is 0.0155. The van der Waals surface area contributed by atoms with Crippen LogP contribution in [-0.4, -0.2) is 63.7 Å². The highest BCUT2D eigenvalue weighted by Gasteiger charge is 2.28. The molecule has 0 bridgehead atoms. The summed E-state index contributed by atoms with van der Waals surface area (Å²) >= 11 is 0. The molecule has 1 fully saturated rings. The maximum atomic E-state index is 12.3. The summed E-state index contributed by atoms with van der Waals surface area (Å²) in [7, 11) is -3.57. The first-order valence-corrected chi connectivity index (χ1v) is 10.8. The van der Waals surface area contributed by atoms with E-state index in [2.05, 4.69) is 4.72 Å². The Balaban J connectivity index is 1.89. The van der Waals surface area contributed by atoms with E-state index in [4.69, 9.17) is 9.47 Å². The van der Waals surface area contributed by atoms with Gasteiger partial charge >= 0.3 is 11.9 Å². The van der Waals surface area contributed by atoms with Gasteiger partial charge in [-0.2, -0.15) is 0 Å². The van der Waals surface area contributed by atoms with Crippen molar-refractivity contribution >= 4 is 33.6 Å². The molecule has 1 aliphatic heterocycles. The molecule has 0 atom stereocenters. The fourth-order valence-electron chi connectivity index (χ4n) is 2.87. The molecule has 0 aliphatic carbocycles. The van der Waals surface area contributed by atoms with E-state index in [1.54, 1.807) is 19.1 Å². The van der Waals surface area contributed by atoms with E-state index in [1.165, 1.54) is 17.0 Å². The number of anilines is 1. The number of carbonyl (C=O) groups excluding carboxylic acids is 3. The number of nitrogens with zero attached hydrogens (tertiary/aromatic N) is 1. The maximum Gasteiger partial charge on any atom is 0.340 e. The summed E-state index contributed by atoms with van der Waals surface area (Å²) < 4.78 is 35.1. The van der Waals surface area contributed by atoms with Gasteiger partial charge in [0.25, 0.3) is 5.91 Å². The number of para-hydroxylation sites is 1. The standard InChI is InChI=1S/C18H24N2O7S/c1-3-26-17(22)13-8-10-20(11-9-13)16(21)12-27-18(23)14-6-4-5-7-15(14)19-28(2,24)25/h4-7,13,19H,3,8-12H2,1-2H3. The van der Waals surface area contributed by atoms with Crippen LogP contribution in [0.5, 0.6) is 0 Å². The molecule has 0 saturated carbocycles. The Kier molecular flexibility index (Phi) is 7.38. The van der Waals surface area contributed by atoms with Crippen molar-refractivity contribution in [3.63, 3.8) is 0 Å². The van der Waals surface area contributed by atoms with Gasteiger partial charge < -0.3 is 14.4 Å². The molecule has 2 rings (SSSR count). The summed E-state index contributed by atoms with van der Waals surface area (Å²) in [5.74, 6) is -1.65. The second-order valence-corrected chi connectivity index (χ2v) is 8.15. The zero-order valence-electron chi connectivity index (χ0n) is 15.8. The van der Waals surface area contributed by atoms with Crippen molar-refractivity contribution in [1.82, 2.24) is 4.90 Å². The highest BCUT2D eigenvalue weighted by Crippen LogP contribution is 2.20. The normalized spacial score (nSPS) is 15.0. The van der Waals surface area contributed by atoms with E-state index in [-0.39, 0.29) is 29.0 Å². The van der Waals surface area contributed by atoms with Gasteiger partial charge in [-0.3, -0.25) is 14.3 Å². The zero-order valence-corrected chi connectivity index (χ0v) is 16.7. The van der Waals surface area contributed by atoms with Crippen LogP contribution in [0.2, 0.25) is 0 Å². The van der Waals surface area contributed by atoms with Crippen LogP contribution >= 0.6 is 0 Å². The predicted molar refractivity (Wildman–Crippen MR) is 101 cm³/mol. The quantitative estimate of drug-likeness (QED) is 0.664. The number of carbonyl (C=O) groups is 3. The van der Waals surface area contributed by atoms with Gasteiger partial charge in [-0.1, -0.05) is 12.1 Å². The number of ether oxygens (including phenoxy) is 2. The highest BCUT2D eigenvalue weighted by molar-refractivity contribution is 7.92. The van der Waals surface area contributed by atoms with Crippen LogP contribution in [0.25, 0.3) is 0 Å². The van der Waals surface area contributed by atoms with Gasteiger partial charge in [0, 0.05) is 13.1 Å². The molecule has 0 spiro atoms. The number of hydrogen-bond acceptors (Lipinski definition) is 7. The monoisotopic (exact) mass is 412 g/mol. The summed E-state index contributed by atoms with van der Waals surface area (Å²) in [5, 5.41) is 0. The first kappa shape index (κ1) is 21.7. The highest BCUT2D eigenvalue weighted by atomic mass is 32.2. The average Bonchev–Trinajstić information content (AvgIpc) is 2.65. The topological polar surface area (TPSA) is 119 Å². The first-order valence-electron chi connectivity index (χ1n) is 8.89. The molecule has 9 nitrogen and oxygen atoms in total.